The summed E-state index contributed by atoms with van der Waals surface area (Å²) in [7, 11) is 0. The molecule has 1 aliphatic carbocycles. The maximum absolute atomic E-state index is 12.4. The maximum atomic E-state index is 12.4. The first-order valence-corrected chi connectivity index (χ1v) is 10.7. The fourth-order valence-corrected chi connectivity index (χ4v) is 4.10. The van der Waals surface area contributed by atoms with E-state index in [0.29, 0.717) is 23.6 Å². The standard InChI is InChI=1S/C20H27N3O4S/c1-12-5-4-6-16(13(12)2)21-20(25)14(3)26-18(24)8-7-17-22-19(23-27-17)15-9-10-28-11-15/h9-14,16H,4-8H2,1-3H3,(H,21,25). The number of aryl methyl sites for hydroxylation is 1. The average Bonchev–Trinajstić information content (AvgIpc) is 3.35. The summed E-state index contributed by atoms with van der Waals surface area (Å²) in [5.41, 5.74) is 0.888. The molecular weight excluding hydrogens is 378 g/mol. The van der Waals surface area contributed by atoms with E-state index in [0.717, 1.165) is 18.4 Å². The highest BCUT2D eigenvalue weighted by molar-refractivity contribution is 7.08. The zero-order valence-corrected chi connectivity index (χ0v) is 17.3. The Balaban J connectivity index is 1.43. The van der Waals surface area contributed by atoms with Crippen molar-refractivity contribution in [2.24, 2.45) is 11.8 Å². The van der Waals surface area contributed by atoms with Crippen LogP contribution in [-0.4, -0.2) is 34.2 Å². The summed E-state index contributed by atoms with van der Waals surface area (Å²) in [6.07, 6.45) is 2.83. The predicted molar refractivity (Wildman–Crippen MR) is 106 cm³/mol. The predicted octanol–water partition coefficient (Wildman–Crippen LogP) is 3.60. The van der Waals surface area contributed by atoms with Crippen molar-refractivity contribution in [2.45, 2.75) is 65.0 Å². The average molecular weight is 406 g/mol. The Kier molecular flexibility index (Phi) is 6.83. The molecule has 0 radical (unpaired) electrons. The summed E-state index contributed by atoms with van der Waals surface area (Å²) in [6.45, 7) is 5.99. The largest absolute Gasteiger partial charge is 0.453 e. The number of rotatable bonds is 7. The number of hydrogen-bond acceptors (Lipinski definition) is 7. The van der Waals surface area contributed by atoms with E-state index in [2.05, 4.69) is 29.3 Å². The third-order valence-corrected chi connectivity index (χ3v) is 6.19. The summed E-state index contributed by atoms with van der Waals surface area (Å²) in [6, 6.07) is 2.05. The van der Waals surface area contributed by atoms with Crippen molar-refractivity contribution in [1.29, 1.82) is 0 Å². The fraction of sp³-hybridized carbons (Fsp3) is 0.600. The van der Waals surface area contributed by atoms with Gasteiger partial charge in [-0.25, -0.2) is 0 Å². The highest BCUT2D eigenvalue weighted by atomic mass is 32.1. The zero-order valence-electron chi connectivity index (χ0n) is 16.5. The summed E-state index contributed by atoms with van der Waals surface area (Å²) in [4.78, 5) is 28.7. The topological polar surface area (TPSA) is 94.3 Å². The van der Waals surface area contributed by atoms with Gasteiger partial charge in [-0.2, -0.15) is 16.3 Å². The minimum absolute atomic E-state index is 0.0831. The van der Waals surface area contributed by atoms with E-state index in [1.807, 2.05) is 16.8 Å². The van der Waals surface area contributed by atoms with E-state index in [1.165, 1.54) is 6.42 Å². The third kappa shape index (κ3) is 5.19. The van der Waals surface area contributed by atoms with E-state index < -0.39 is 12.1 Å². The molecule has 28 heavy (non-hydrogen) atoms. The number of nitrogens with one attached hydrogen (secondary N) is 1. The molecule has 2 aromatic rings. The molecule has 0 aliphatic heterocycles. The number of aromatic nitrogens is 2. The Morgan fingerprint density at radius 2 is 2.21 bits per heavy atom. The van der Waals surface area contributed by atoms with E-state index >= 15 is 0 Å². The van der Waals surface area contributed by atoms with Crippen LogP contribution >= 0.6 is 11.3 Å². The van der Waals surface area contributed by atoms with Gasteiger partial charge in [0.15, 0.2) is 6.10 Å². The maximum Gasteiger partial charge on any atom is 0.307 e. The molecule has 7 nitrogen and oxygen atoms in total. The first-order chi connectivity index (χ1) is 13.4. The molecule has 0 spiro atoms. The van der Waals surface area contributed by atoms with E-state index in [9.17, 15) is 9.59 Å². The Morgan fingerprint density at radius 3 is 2.96 bits per heavy atom. The monoisotopic (exact) mass is 405 g/mol. The Labute approximate surface area is 168 Å². The number of ether oxygens (including phenoxy) is 1. The Morgan fingerprint density at radius 1 is 1.39 bits per heavy atom. The third-order valence-electron chi connectivity index (χ3n) is 5.50. The molecule has 0 saturated heterocycles. The van der Waals surface area contributed by atoms with Crippen LogP contribution in [0.25, 0.3) is 11.4 Å². The molecule has 0 aromatic carbocycles. The number of thiophene rings is 1. The van der Waals surface area contributed by atoms with Gasteiger partial charge in [0.05, 0.1) is 6.42 Å². The van der Waals surface area contributed by atoms with Crippen LogP contribution in [0.5, 0.6) is 0 Å². The minimum atomic E-state index is -0.819. The van der Waals surface area contributed by atoms with Crippen LogP contribution in [-0.2, 0) is 20.7 Å². The van der Waals surface area contributed by atoms with Gasteiger partial charge in [0.2, 0.25) is 11.7 Å². The van der Waals surface area contributed by atoms with Gasteiger partial charge in [-0.1, -0.05) is 31.8 Å². The summed E-state index contributed by atoms with van der Waals surface area (Å²) < 4.78 is 10.4. The van der Waals surface area contributed by atoms with Crippen molar-refractivity contribution in [3.8, 4) is 11.4 Å². The van der Waals surface area contributed by atoms with E-state index in [-0.39, 0.29) is 24.8 Å². The van der Waals surface area contributed by atoms with Gasteiger partial charge < -0.3 is 14.6 Å². The van der Waals surface area contributed by atoms with Crippen LogP contribution in [0.4, 0.5) is 0 Å². The van der Waals surface area contributed by atoms with Crippen LogP contribution < -0.4 is 5.32 Å². The normalized spacial score (nSPS) is 23.2. The number of nitrogens with zero attached hydrogens (tertiary/aromatic N) is 2. The van der Waals surface area contributed by atoms with Gasteiger partial charge in [-0.15, -0.1) is 0 Å². The summed E-state index contributed by atoms with van der Waals surface area (Å²) in [5.74, 6) is 1.20. The van der Waals surface area contributed by atoms with Gasteiger partial charge in [-0.3, -0.25) is 9.59 Å². The number of amides is 1. The van der Waals surface area contributed by atoms with Crippen LogP contribution in [0.15, 0.2) is 21.3 Å². The zero-order chi connectivity index (χ0) is 20.1. The van der Waals surface area contributed by atoms with E-state index in [4.69, 9.17) is 9.26 Å². The molecule has 4 atom stereocenters. The van der Waals surface area contributed by atoms with Gasteiger partial charge in [0, 0.05) is 23.4 Å². The van der Waals surface area contributed by atoms with Crippen molar-refractivity contribution in [1.82, 2.24) is 15.5 Å². The van der Waals surface area contributed by atoms with Crippen LogP contribution in [0.1, 0.15) is 52.3 Å². The smallest absolute Gasteiger partial charge is 0.307 e. The summed E-state index contributed by atoms with van der Waals surface area (Å²) in [5, 5.41) is 10.8. The molecule has 3 rings (SSSR count). The second-order valence-electron chi connectivity index (χ2n) is 7.54. The Hall–Kier alpha value is -2.22. The molecule has 0 bridgehead atoms. The lowest BCUT2D eigenvalue weighted by Crippen LogP contribution is -2.47. The number of hydrogen-bond donors (Lipinski definition) is 1. The first-order valence-electron chi connectivity index (χ1n) is 9.79. The van der Waals surface area contributed by atoms with Gasteiger partial charge >= 0.3 is 5.97 Å². The first kappa shape index (κ1) is 20.5. The molecule has 2 aromatic heterocycles. The van der Waals surface area contributed by atoms with Crippen molar-refractivity contribution in [3.63, 3.8) is 0 Å². The van der Waals surface area contributed by atoms with Gasteiger partial charge in [0.25, 0.3) is 5.91 Å². The quantitative estimate of drug-likeness (QED) is 0.707. The van der Waals surface area contributed by atoms with Crippen molar-refractivity contribution >= 4 is 23.2 Å². The minimum Gasteiger partial charge on any atom is -0.453 e. The lowest BCUT2D eigenvalue weighted by Gasteiger charge is -2.35. The number of esters is 1. The summed E-state index contributed by atoms with van der Waals surface area (Å²) >= 11 is 1.55. The lowest BCUT2D eigenvalue weighted by molar-refractivity contribution is -0.155. The van der Waals surface area contributed by atoms with Crippen molar-refractivity contribution < 1.29 is 18.8 Å². The molecule has 8 heteroatoms. The second-order valence-corrected chi connectivity index (χ2v) is 8.32. The van der Waals surface area contributed by atoms with E-state index in [1.54, 1.807) is 18.3 Å². The highest BCUT2D eigenvalue weighted by Crippen LogP contribution is 2.29. The van der Waals surface area contributed by atoms with Crippen LogP contribution in [0, 0.1) is 11.8 Å². The van der Waals surface area contributed by atoms with Gasteiger partial charge in [0.1, 0.15) is 0 Å². The van der Waals surface area contributed by atoms with Crippen molar-refractivity contribution in [2.75, 3.05) is 0 Å². The molecule has 1 amide bonds. The number of carbonyl (C=O) groups excluding carboxylic acids is 2. The van der Waals surface area contributed by atoms with Crippen LogP contribution in [0.3, 0.4) is 0 Å². The SMILES string of the molecule is CC(OC(=O)CCc1nc(-c2ccsc2)no1)C(=O)NC1CCCC(C)C1C. The van der Waals surface area contributed by atoms with Gasteiger partial charge in [-0.05, 0) is 36.6 Å². The molecule has 1 fully saturated rings. The lowest BCUT2D eigenvalue weighted by atomic mass is 9.78. The molecule has 1 saturated carbocycles. The molecular formula is C20H27N3O4S. The highest BCUT2D eigenvalue weighted by Gasteiger charge is 2.30. The molecule has 1 aliphatic rings. The Bertz CT molecular complexity index is 789. The van der Waals surface area contributed by atoms with Crippen molar-refractivity contribution in [3.05, 3.63) is 22.7 Å². The fourth-order valence-electron chi connectivity index (χ4n) is 3.47. The molecule has 152 valence electrons. The molecule has 2 heterocycles. The molecule has 4 unspecified atom stereocenters. The van der Waals surface area contributed by atoms with Crippen LogP contribution in [0.2, 0.25) is 0 Å². The second kappa shape index (κ2) is 9.32. The molecule has 1 N–H and O–H groups in total. The number of carbonyl (C=O) groups is 2.